The van der Waals surface area contributed by atoms with Crippen molar-refractivity contribution in [3.63, 3.8) is 0 Å². The predicted molar refractivity (Wildman–Crippen MR) is 165 cm³/mol. The summed E-state index contributed by atoms with van der Waals surface area (Å²) in [5.41, 5.74) is 4.17. The minimum atomic E-state index is -0.195. The molecule has 0 saturated heterocycles. The van der Waals surface area contributed by atoms with Crippen LogP contribution in [0.1, 0.15) is 39.5 Å². The summed E-state index contributed by atoms with van der Waals surface area (Å²) < 4.78 is 15.3. The van der Waals surface area contributed by atoms with Crippen molar-refractivity contribution in [3.8, 4) is 17.0 Å². The van der Waals surface area contributed by atoms with Crippen LogP contribution in [0.5, 0.6) is 5.75 Å². The number of rotatable bonds is 11. The lowest BCUT2D eigenvalue weighted by Crippen LogP contribution is -2.10. The molecule has 0 saturated carbocycles. The summed E-state index contributed by atoms with van der Waals surface area (Å²) in [7, 11) is 0. The Hall–Kier alpha value is -4.48. The highest BCUT2D eigenvalue weighted by molar-refractivity contribution is 7.98. The Morgan fingerprint density at radius 1 is 1.00 bits per heavy atom. The third-order valence-corrected chi connectivity index (χ3v) is 7.76. The summed E-state index contributed by atoms with van der Waals surface area (Å²) >= 11 is 1.79. The number of fused-ring (bicyclic) bond motifs is 2. The number of aromatic nitrogens is 7. The molecule has 6 aromatic rings. The molecule has 2 aromatic carbocycles. The van der Waals surface area contributed by atoms with E-state index < -0.39 is 0 Å². The summed E-state index contributed by atoms with van der Waals surface area (Å²) in [6.45, 7) is 8.45. The monoisotopic (exact) mass is 580 g/mol. The van der Waals surface area contributed by atoms with Crippen LogP contribution in [0.15, 0.2) is 84.5 Å². The number of hydrogen-bond acceptors (Lipinski definition) is 9. The van der Waals surface area contributed by atoms with Crippen LogP contribution in [0, 0.1) is 0 Å². The molecule has 11 heteroatoms. The molecule has 10 nitrogen and oxygen atoms in total. The van der Waals surface area contributed by atoms with E-state index in [1.54, 1.807) is 39.7 Å². The van der Waals surface area contributed by atoms with Gasteiger partial charge in [0.2, 0.25) is 11.6 Å². The Labute approximate surface area is 248 Å². The third-order valence-electron chi connectivity index (χ3n) is 6.62. The van der Waals surface area contributed by atoms with Crippen molar-refractivity contribution in [1.82, 2.24) is 34.3 Å². The van der Waals surface area contributed by atoms with Crippen molar-refractivity contribution in [3.05, 3.63) is 85.2 Å². The van der Waals surface area contributed by atoms with Gasteiger partial charge < -0.3 is 14.8 Å². The van der Waals surface area contributed by atoms with Gasteiger partial charge in [-0.25, -0.2) is 9.67 Å². The van der Waals surface area contributed by atoms with E-state index in [0.717, 1.165) is 32.7 Å². The quantitative estimate of drug-likeness (QED) is 0.164. The van der Waals surface area contributed by atoms with E-state index in [-0.39, 0.29) is 12.3 Å². The van der Waals surface area contributed by atoms with Crippen LogP contribution in [0.2, 0.25) is 0 Å². The molecule has 4 heterocycles. The van der Waals surface area contributed by atoms with Crippen LogP contribution in [0.4, 0.5) is 11.6 Å². The summed E-state index contributed by atoms with van der Waals surface area (Å²) in [6.07, 6.45) is 8.72. The molecule has 42 heavy (non-hydrogen) atoms. The second kappa shape index (κ2) is 12.2. The highest BCUT2D eigenvalue weighted by Crippen LogP contribution is 2.36. The first kappa shape index (κ1) is 27.7. The molecular weight excluding hydrogens is 548 g/mol. The van der Waals surface area contributed by atoms with Crippen LogP contribution in [-0.2, 0) is 10.5 Å². The van der Waals surface area contributed by atoms with Crippen LogP contribution in [0.25, 0.3) is 27.7 Å². The first-order chi connectivity index (χ1) is 20.5. The molecular formula is C31H32N8O2S. The van der Waals surface area contributed by atoms with Crippen molar-refractivity contribution in [2.75, 3.05) is 11.9 Å². The fraction of sp³-hybridized carbons (Fsp3) is 0.258. The zero-order chi connectivity index (χ0) is 29.1. The standard InChI is InChI=1S/C31H32N8O2S/c1-5-40-21(4)38-17-23(15-34-38)28-29(41-20(2)3)30-36-31(37-39(30)19-33-28)35-26-11-12-27(25-16-32-14-13-24(25)26)42-18-22-9-7-6-8-10-22/h6-17,19-21H,5,18H2,1-4H3,(H,35,37). The van der Waals surface area contributed by atoms with Gasteiger partial charge in [-0.3, -0.25) is 4.98 Å². The summed E-state index contributed by atoms with van der Waals surface area (Å²) in [5, 5.41) is 14.7. The van der Waals surface area contributed by atoms with Crippen LogP contribution in [-0.4, -0.2) is 47.1 Å². The minimum Gasteiger partial charge on any atom is -0.485 e. The van der Waals surface area contributed by atoms with Crippen molar-refractivity contribution >= 4 is 39.8 Å². The molecule has 0 aliphatic rings. The highest BCUT2D eigenvalue weighted by Gasteiger charge is 2.20. The van der Waals surface area contributed by atoms with Gasteiger partial charge in [0.25, 0.3) is 0 Å². The maximum absolute atomic E-state index is 6.25. The molecule has 0 aliphatic heterocycles. The van der Waals surface area contributed by atoms with Gasteiger partial charge in [0, 0.05) is 57.9 Å². The van der Waals surface area contributed by atoms with Gasteiger partial charge in [-0.1, -0.05) is 30.3 Å². The zero-order valence-electron chi connectivity index (χ0n) is 23.9. The van der Waals surface area contributed by atoms with Gasteiger partial charge in [0.05, 0.1) is 12.3 Å². The van der Waals surface area contributed by atoms with Gasteiger partial charge in [-0.05, 0) is 51.5 Å². The largest absolute Gasteiger partial charge is 0.485 e. The van der Waals surface area contributed by atoms with Crippen molar-refractivity contribution < 1.29 is 9.47 Å². The SMILES string of the molecule is CCOC(C)n1cc(-c2ncn3nc(Nc4ccc(SCc5ccccc5)c5cnccc45)nc3c2OC(C)C)cn1. The van der Waals surface area contributed by atoms with Gasteiger partial charge in [-0.2, -0.15) is 14.6 Å². The maximum atomic E-state index is 6.25. The molecule has 1 unspecified atom stereocenters. The van der Waals surface area contributed by atoms with Gasteiger partial charge in [-0.15, -0.1) is 16.9 Å². The molecule has 0 aliphatic carbocycles. The Balaban J connectivity index is 1.33. The fourth-order valence-corrected chi connectivity index (χ4v) is 5.67. The van der Waals surface area contributed by atoms with E-state index in [4.69, 9.17) is 14.5 Å². The lowest BCUT2D eigenvalue weighted by atomic mass is 10.1. The number of benzene rings is 2. The topological polar surface area (TPSA) is 104 Å². The molecule has 1 N–H and O–H groups in total. The number of nitrogens with one attached hydrogen (secondary N) is 1. The lowest BCUT2D eigenvalue weighted by molar-refractivity contribution is 0.0160. The normalized spacial score (nSPS) is 12.3. The third kappa shape index (κ3) is 5.79. The molecule has 0 bridgehead atoms. The van der Waals surface area contributed by atoms with Crippen molar-refractivity contribution in [2.24, 2.45) is 0 Å². The molecule has 214 valence electrons. The van der Waals surface area contributed by atoms with Crippen LogP contribution in [0.3, 0.4) is 0 Å². The first-order valence-corrected chi connectivity index (χ1v) is 14.9. The lowest BCUT2D eigenvalue weighted by Gasteiger charge is -2.13. The Morgan fingerprint density at radius 3 is 2.67 bits per heavy atom. The zero-order valence-corrected chi connectivity index (χ0v) is 24.7. The smallest absolute Gasteiger partial charge is 0.247 e. The second-order valence-corrected chi connectivity index (χ2v) is 11.0. The maximum Gasteiger partial charge on any atom is 0.247 e. The van der Waals surface area contributed by atoms with E-state index >= 15 is 0 Å². The average molecular weight is 581 g/mol. The summed E-state index contributed by atoms with van der Waals surface area (Å²) in [5.74, 6) is 1.85. The molecule has 0 fully saturated rings. The van der Waals surface area contributed by atoms with Crippen LogP contribution >= 0.6 is 11.8 Å². The van der Waals surface area contributed by atoms with E-state index in [1.165, 1.54) is 5.56 Å². The van der Waals surface area contributed by atoms with Gasteiger partial charge in [0.15, 0.2) is 5.75 Å². The van der Waals surface area contributed by atoms with Crippen molar-refractivity contribution in [2.45, 2.75) is 50.7 Å². The van der Waals surface area contributed by atoms with Gasteiger partial charge in [0.1, 0.15) is 18.2 Å². The van der Waals surface area contributed by atoms with Crippen LogP contribution < -0.4 is 10.1 Å². The van der Waals surface area contributed by atoms with E-state index in [0.29, 0.717) is 29.6 Å². The highest BCUT2D eigenvalue weighted by atomic mass is 32.2. The predicted octanol–water partition coefficient (Wildman–Crippen LogP) is 6.91. The number of hydrogen-bond donors (Lipinski definition) is 1. The Morgan fingerprint density at radius 2 is 1.86 bits per heavy atom. The Bertz CT molecular complexity index is 1820. The number of ether oxygens (including phenoxy) is 2. The Kier molecular flexibility index (Phi) is 8.02. The van der Waals surface area contributed by atoms with E-state index in [9.17, 15) is 0 Å². The minimum absolute atomic E-state index is 0.0976. The number of pyridine rings is 1. The number of nitrogens with zero attached hydrogens (tertiary/aromatic N) is 7. The number of thioether (sulfide) groups is 1. The molecule has 1 atom stereocenters. The average Bonchev–Trinajstić information content (AvgIpc) is 3.65. The number of anilines is 2. The summed E-state index contributed by atoms with van der Waals surface area (Å²) in [6, 6.07) is 16.6. The molecule has 6 rings (SSSR count). The van der Waals surface area contributed by atoms with Gasteiger partial charge >= 0.3 is 0 Å². The second-order valence-electron chi connectivity index (χ2n) is 9.99. The van der Waals surface area contributed by atoms with Crippen molar-refractivity contribution in [1.29, 1.82) is 0 Å². The van der Waals surface area contributed by atoms with E-state index in [1.807, 2.05) is 52.2 Å². The molecule has 0 amide bonds. The molecule has 0 spiro atoms. The fourth-order valence-electron chi connectivity index (χ4n) is 4.67. The summed E-state index contributed by atoms with van der Waals surface area (Å²) in [4.78, 5) is 15.1. The molecule has 4 aromatic heterocycles. The molecule has 0 radical (unpaired) electrons. The first-order valence-electron chi connectivity index (χ1n) is 13.9. The van der Waals surface area contributed by atoms with E-state index in [2.05, 4.69) is 61.9 Å².